The summed E-state index contributed by atoms with van der Waals surface area (Å²) >= 11 is 0. The minimum atomic E-state index is -0.439. The van der Waals surface area contributed by atoms with Crippen LogP contribution in [0.15, 0.2) is 0 Å². The molecule has 1 aliphatic rings. The molecule has 4 heteroatoms. The summed E-state index contributed by atoms with van der Waals surface area (Å²) in [5.41, 5.74) is 0. The van der Waals surface area contributed by atoms with Crippen molar-refractivity contribution in [3.05, 3.63) is 0 Å². The number of amides is 1. The van der Waals surface area contributed by atoms with Crippen LogP contribution in [0.4, 0.5) is 0 Å². The Hall–Kier alpha value is -1.06. The number of rotatable bonds is 2. The molecule has 1 aliphatic heterocycles. The Morgan fingerprint density at radius 1 is 1.58 bits per heavy atom. The molecule has 1 atom stereocenters. The van der Waals surface area contributed by atoms with E-state index in [0.29, 0.717) is 12.3 Å². The van der Waals surface area contributed by atoms with Gasteiger partial charge in [0.15, 0.2) is 6.61 Å². The molecule has 0 aromatic rings. The lowest BCUT2D eigenvalue weighted by molar-refractivity contribution is -0.157. The summed E-state index contributed by atoms with van der Waals surface area (Å²) in [6.07, 6.45) is 0.643. The van der Waals surface area contributed by atoms with Gasteiger partial charge in [0.2, 0.25) is 0 Å². The van der Waals surface area contributed by atoms with E-state index < -0.39 is 6.04 Å². The average Bonchev–Trinajstić information content (AvgIpc) is 1.96. The topological polar surface area (TPSA) is 55.4 Å². The summed E-state index contributed by atoms with van der Waals surface area (Å²) in [6.45, 7) is 3.86. The number of nitrogens with one attached hydrogen (secondary N) is 1. The summed E-state index contributed by atoms with van der Waals surface area (Å²) in [5.74, 6) is -0.149. The monoisotopic (exact) mass is 171 g/mol. The van der Waals surface area contributed by atoms with Gasteiger partial charge in [0.05, 0.1) is 0 Å². The smallest absolute Gasteiger partial charge is 0.329 e. The zero-order chi connectivity index (χ0) is 9.14. The first-order valence-corrected chi connectivity index (χ1v) is 4.05. The molecule has 0 aromatic carbocycles. The average molecular weight is 171 g/mol. The van der Waals surface area contributed by atoms with E-state index in [0.717, 1.165) is 0 Å². The normalized spacial score (nSPS) is 23.8. The quantitative estimate of drug-likeness (QED) is 0.598. The van der Waals surface area contributed by atoms with Crippen molar-refractivity contribution in [1.82, 2.24) is 5.32 Å². The van der Waals surface area contributed by atoms with Gasteiger partial charge in [0, 0.05) is 0 Å². The second-order valence-corrected chi connectivity index (χ2v) is 3.36. The second-order valence-electron chi connectivity index (χ2n) is 3.36. The summed E-state index contributed by atoms with van der Waals surface area (Å²) < 4.78 is 4.65. The molecule has 4 nitrogen and oxygen atoms in total. The summed E-state index contributed by atoms with van der Waals surface area (Å²) in [5, 5.41) is 2.58. The van der Waals surface area contributed by atoms with E-state index in [4.69, 9.17) is 0 Å². The Morgan fingerprint density at radius 3 is 2.83 bits per heavy atom. The predicted octanol–water partition coefficient (Wildman–Crippen LogP) is 0.0741. The Morgan fingerprint density at radius 2 is 2.25 bits per heavy atom. The number of hydrogen-bond donors (Lipinski definition) is 1. The van der Waals surface area contributed by atoms with Gasteiger partial charge in [-0.05, 0) is 12.3 Å². The first-order valence-electron chi connectivity index (χ1n) is 4.05. The number of ether oxygens (including phenoxy) is 1. The van der Waals surface area contributed by atoms with Gasteiger partial charge in [0.25, 0.3) is 5.91 Å². The number of cyclic esters (lactones) is 1. The van der Waals surface area contributed by atoms with Crippen molar-refractivity contribution in [2.45, 2.75) is 26.3 Å². The van der Waals surface area contributed by atoms with Crippen LogP contribution in [-0.4, -0.2) is 24.5 Å². The maximum atomic E-state index is 11.0. The lowest BCUT2D eigenvalue weighted by atomic mass is 10.0. The van der Waals surface area contributed by atoms with Crippen molar-refractivity contribution in [2.24, 2.45) is 5.92 Å². The highest BCUT2D eigenvalue weighted by Crippen LogP contribution is 2.08. The molecule has 1 rings (SSSR count). The highest BCUT2D eigenvalue weighted by atomic mass is 16.5. The Balaban J connectivity index is 2.49. The predicted molar refractivity (Wildman–Crippen MR) is 42.3 cm³/mol. The van der Waals surface area contributed by atoms with Gasteiger partial charge < -0.3 is 10.1 Å². The summed E-state index contributed by atoms with van der Waals surface area (Å²) in [4.78, 5) is 21.9. The fourth-order valence-corrected chi connectivity index (χ4v) is 1.16. The van der Waals surface area contributed by atoms with E-state index in [1.165, 1.54) is 0 Å². The molecule has 0 radical (unpaired) electrons. The first-order chi connectivity index (χ1) is 5.59. The Kier molecular flexibility index (Phi) is 2.68. The van der Waals surface area contributed by atoms with E-state index >= 15 is 0 Å². The summed E-state index contributed by atoms with van der Waals surface area (Å²) in [6, 6.07) is -0.439. The maximum absolute atomic E-state index is 11.0. The third-order valence-electron chi connectivity index (χ3n) is 1.67. The zero-order valence-corrected chi connectivity index (χ0v) is 7.29. The minimum Gasteiger partial charge on any atom is -0.454 e. The van der Waals surface area contributed by atoms with Crippen LogP contribution in [0.2, 0.25) is 0 Å². The van der Waals surface area contributed by atoms with Gasteiger partial charge in [0.1, 0.15) is 6.04 Å². The van der Waals surface area contributed by atoms with Crippen molar-refractivity contribution >= 4 is 11.9 Å². The molecule has 0 unspecified atom stereocenters. The van der Waals surface area contributed by atoms with Crippen LogP contribution >= 0.6 is 0 Å². The van der Waals surface area contributed by atoms with Gasteiger partial charge in [-0.1, -0.05) is 13.8 Å². The highest BCUT2D eigenvalue weighted by molar-refractivity contribution is 5.90. The van der Waals surface area contributed by atoms with E-state index in [9.17, 15) is 9.59 Å². The van der Waals surface area contributed by atoms with Crippen molar-refractivity contribution in [2.75, 3.05) is 6.61 Å². The number of morpholine rings is 1. The molecule has 1 heterocycles. The van der Waals surface area contributed by atoms with Crippen LogP contribution in [0.25, 0.3) is 0 Å². The molecule has 1 N–H and O–H groups in total. The molecule has 1 amide bonds. The molecule has 1 fully saturated rings. The minimum absolute atomic E-state index is 0.132. The third-order valence-corrected chi connectivity index (χ3v) is 1.67. The number of carbonyl (C=O) groups is 2. The maximum Gasteiger partial charge on any atom is 0.329 e. The Labute approximate surface area is 71.3 Å². The molecular formula is C8H13NO3. The van der Waals surface area contributed by atoms with Crippen molar-refractivity contribution in [1.29, 1.82) is 0 Å². The van der Waals surface area contributed by atoms with Gasteiger partial charge >= 0.3 is 5.97 Å². The molecule has 1 saturated heterocycles. The number of hydrogen-bond acceptors (Lipinski definition) is 3. The Bertz CT molecular complexity index is 200. The standard InChI is InChI=1S/C8H13NO3/c1-5(2)3-6-8(11)12-4-7(10)9-6/h5-6H,3-4H2,1-2H3,(H,9,10)/t6-/m1/s1. The van der Waals surface area contributed by atoms with Crippen LogP contribution in [0.3, 0.4) is 0 Å². The zero-order valence-electron chi connectivity index (χ0n) is 7.29. The van der Waals surface area contributed by atoms with E-state index in [2.05, 4.69) is 10.1 Å². The fourth-order valence-electron chi connectivity index (χ4n) is 1.16. The highest BCUT2D eigenvalue weighted by Gasteiger charge is 2.28. The molecule has 68 valence electrons. The third kappa shape index (κ3) is 2.22. The molecule has 0 bridgehead atoms. The lowest BCUT2D eigenvalue weighted by Crippen LogP contribution is -2.49. The van der Waals surface area contributed by atoms with Crippen molar-refractivity contribution < 1.29 is 14.3 Å². The second kappa shape index (κ2) is 3.56. The van der Waals surface area contributed by atoms with Crippen LogP contribution in [0.1, 0.15) is 20.3 Å². The molecule has 0 saturated carbocycles. The largest absolute Gasteiger partial charge is 0.454 e. The van der Waals surface area contributed by atoms with E-state index in [-0.39, 0.29) is 18.5 Å². The molecule has 0 spiro atoms. The fraction of sp³-hybridized carbons (Fsp3) is 0.750. The van der Waals surface area contributed by atoms with Crippen LogP contribution < -0.4 is 5.32 Å². The molecule has 12 heavy (non-hydrogen) atoms. The summed E-state index contributed by atoms with van der Waals surface area (Å²) in [7, 11) is 0. The van der Waals surface area contributed by atoms with Crippen LogP contribution in [0.5, 0.6) is 0 Å². The molecule has 0 aliphatic carbocycles. The van der Waals surface area contributed by atoms with Crippen LogP contribution in [0, 0.1) is 5.92 Å². The van der Waals surface area contributed by atoms with Crippen molar-refractivity contribution in [3.63, 3.8) is 0 Å². The first kappa shape index (κ1) is 9.03. The SMILES string of the molecule is CC(C)C[C@H]1NC(=O)COC1=O. The van der Waals surface area contributed by atoms with Gasteiger partial charge in [-0.2, -0.15) is 0 Å². The van der Waals surface area contributed by atoms with E-state index in [1.54, 1.807) is 0 Å². The van der Waals surface area contributed by atoms with Crippen molar-refractivity contribution in [3.8, 4) is 0 Å². The van der Waals surface area contributed by atoms with Gasteiger partial charge in [-0.25, -0.2) is 4.79 Å². The number of esters is 1. The molecular weight excluding hydrogens is 158 g/mol. The lowest BCUT2D eigenvalue weighted by Gasteiger charge is -2.23. The van der Waals surface area contributed by atoms with Gasteiger partial charge in [-0.3, -0.25) is 4.79 Å². The van der Waals surface area contributed by atoms with Gasteiger partial charge in [-0.15, -0.1) is 0 Å². The van der Waals surface area contributed by atoms with E-state index in [1.807, 2.05) is 13.8 Å². The van der Waals surface area contributed by atoms with Crippen LogP contribution in [-0.2, 0) is 14.3 Å². The number of carbonyl (C=O) groups excluding carboxylic acids is 2. The molecule has 0 aromatic heterocycles.